The predicted molar refractivity (Wildman–Crippen MR) is 149 cm³/mol. The first-order chi connectivity index (χ1) is 18.5. The summed E-state index contributed by atoms with van der Waals surface area (Å²) in [7, 11) is 0. The molecule has 2 aromatic carbocycles. The van der Waals surface area contributed by atoms with Crippen molar-refractivity contribution in [3.63, 3.8) is 0 Å². The number of fused-ring (bicyclic) bond motifs is 2. The van der Waals surface area contributed by atoms with Gasteiger partial charge in [-0.15, -0.1) is 0 Å². The summed E-state index contributed by atoms with van der Waals surface area (Å²) in [6.07, 6.45) is 0.878. The molecule has 0 amide bonds. The van der Waals surface area contributed by atoms with E-state index in [0.717, 1.165) is 22.1 Å². The van der Waals surface area contributed by atoms with Gasteiger partial charge in [-0.2, -0.15) is 5.10 Å². The average molecular weight is 526 g/mol. The zero-order valence-corrected chi connectivity index (χ0v) is 22.9. The summed E-state index contributed by atoms with van der Waals surface area (Å²) < 4.78 is 20.4. The molecule has 1 saturated heterocycles. The Bertz CT molecular complexity index is 1790. The molecule has 9 nitrogen and oxygen atoms in total. The summed E-state index contributed by atoms with van der Waals surface area (Å²) >= 11 is 0. The van der Waals surface area contributed by atoms with Crippen LogP contribution in [0.3, 0.4) is 0 Å². The lowest BCUT2D eigenvalue weighted by Crippen LogP contribution is -2.41. The van der Waals surface area contributed by atoms with E-state index in [2.05, 4.69) is 9.97 Å². The summed E-state index contributed by atoms with van der Waals surface area (Å²) in [6.45, 7) is 11.9. The lowest BCUT2D eigenvalue weighted by Gasteiger charge is -2.30. The van der Waals surface area contributed by atoms with Gasteiger partial charge in [0.25, 0.3) is 0 Å². The van der Waals surface area contributed by atoms with E-state index < -0.39 is 29.2 Å². The zero-order valence-electron chi connectivity index (χ0n) is 22.9. The van der Waals surface area contributed by atoms with Crippen molar-refractivity contribution >= 4 is 27.6 Å². The van der Waals surface area contributed by atoms with Crippen LogP contribution in [-0.4, -0.2) is 31.0 Å². The molecule has 4 heterocycles. The largest absolute Gasteiger partial charge is 0.424 e. The summed E-state index contributed by atoms with van der Waals surface area (Å²) in [4.78, 5) is 21.7. The third-order valence-electron chi connectivity index (χ3n) is 8.01. The topological polar surface area (TPSA) is 118 Å². The van der Waals surface area contributed by atoms with Crippen LogP contribution in [0.5, 0.6) is 0 Å². The first-order valence-electron chi connectivity index (χ1n) is 13.0. The number of aryl methyl sites for hydroxylation is 1. The van der Waals surface area contributed by atoms with Gasteiger partial charge in [-0.25, -0.2) is 19.4 Å². The normalized spacial score (nSPS) is 17.7. The van der Waals surface area contributed by atoms with Crippen molar-refractivity contribution < 1.29 is 13.9 Å². The molecule has 2 N–H and O–H groups in total. The number of anilines is 1. The first-order valence-corrected chi connectivity index (χ1v) is 13.0. The molecule has 0 saturated carbocycles. The van der Waals surface area contributed by atoms with Crippen molar-refractivity contribution in [2.24, 2.45) is 0 Å². The molecule has 39 heavy (non-hydrogen) atoms. The van der Waals surface area contributed by atoms with Crippen LogP contribution in [-0.2, 0) is 9.47 Å². The summed E-state index contributed by atoms with van der Waals surface area (Å²) in [6, 6.07) is 15.0. The van der Waals surface area contributed by atoms with Crippen LogP contribution in [0.4, 0.5) is 5.82 Å². The molecule has 1 atom stereocenters. The number of nitrogens with two attached hydrogens (primary N) is 1. The van der Waals surface area contributed by atoms with Crippen molar-refractivity contribution in [2.75, 3.05) is 5.73 Å². The lowest BCUT2D eigenvalue weighted by molar-refractivity contribution is -0.0895. The molecule has 1 aliphatic rings. The summed E-state index contributed by atoms with van der Waals surface area (Å²) in [5.74, 6) is 0.817. The minimum absolute atomic E-state index is 0.353. The van der Waals surface area contributed by atoms with Gasteiger partial charge >= 0.3 is 5.63 Å². The highest BCUT2D eigenvalue weighted by atomic mass is 16.7. The Morgan fingerprint density at radius 1 is 0.974 bits per heavy atom. The molecule has 0 aliphatic carbocycles. The number of nitrogens with zero attached hydrogens (tertiary/aromatic N) is 4. The first kappa shape index (κ1) is 25.2. The van der Waals surface area contributed by atoms with Crippen LogP contribution in [0.2, 0.25) is 0 Å². The fourth-order valence-corrected chi connectivity index (χ4v) is 5.18. The van der Waals surface area contributed by atoms with Crippen molar-refractivity contribution in [2.45, 2.75) is 65.1 Å². The van der Waals surface area contributed by atoms with E-state index in [0.29, 0.717) is 33.7 Å². The standard InChI is InChI=1S/C30H31N5O4/c1-16-22-25(31)32-15-33-26(22)35(34-16)17(2)24-23(20-12-7-8-13-21(20)27(36)37-24)18-10-9-11-19(14-18)28-38-29(3,4)30(5,6)39-28/h7-15,17,28H,1-6H3,(H2,31,32,33). The Labute approximate surface area is 225 Å². The third-order valence-corrected chi connectivity index (χ3v) is 8.01. The third kappa shape index (κ3) is 3.92. The van der Waals surface area contributed by atoms with Crippen LogP contribution in [0.15, 0.2) is 64.1 Å². The smallest absolute Gasteiger partial charge is 0.343 e. The SMILES string of the molecule is Cc1nn(C(C)c2oc(=O)c3ccccc3c2-c2cccc(C3OC(C)(C)C(C)(C)O3)c2)c2ncnc(N)c12. The van der Waals surface area contributed by atoms with Gasteiger partial charge in [0.05, 0.1) is 27.7 Å². The molecular formula is C30H31N5O4. The molecule has 5 aromatic rings. The molecule has 1 aliphatic heterocycles. The van der Waals surface area contributed by atoms with E-state index in [9.17, 15) is 4.79 Å². The highest BCUT2D eigenvalue weighted by molar-refractivity contribution is 5.97. The van der Waals surface area contributed by atoms with Crippen LogP contribution in [0.25, 0.3) is 32.9 Å². The minimum atomic E-state index is -0.532. The predicted octanol–water partition coefficient (Wildman–Crippen LogP) is 5.70. The van der Waals surface area contributed by atoms with Gasteiger partial charge in [0.2, 0.25) is 0 Å². The number of hydrogen-bond acceptors (Lipinski definition) is 8. The van der Waals surface area contributed by atoms with Crippen molar-refractivity contribution in [3.05, 3.63) is 82.3 Å². The average Bonchev–Trinajstić information content (AvgIpc) is 3.36. The number of ether oxygens (including phenoxy) is 2. The molecule has 0 spiro atoms. The molecule has 1 unspecified atom stereocenters. The quantitative estimate of drug-likeness (QED) is 0.317. The summed E-state index contributed by atoms with van der Waals surface area (Å²) in [5.41, 5.74) is 8.59. The van der Waals surface area contributed by atoms with E-state index in [1.165, 1.54) is 6.33 Å². The van der Waals surface area contributed by atoms with Gasteiger partial charge in [-0.3, -0.25) is 0 Å². The Morgan fingerprint density at radius 2 is 1.67 bits per heavy atom. The van der Waals surface area contributed by atoms with Crippen LogP contribution >= 0.6 is 0 Å². The van der Waals surface area contributed by atoms with Crippen molar-refractivity contribution in [3.8, 4) is 11.1 Å². The number of aromatic nitrogens is 4. The second-order valence-corrected chi connectivity index (χ2v) is 11.1. The van der Waals surface area contributed by atoms with Gasteiger partial charge in [0, 0.05) is 16.5 Å². The van der Waals surface area contributed by atoms with E-state index in [-0.39, 0.29) is 0 Å². The molecule has 0 bridgehead atoms. The van der Waals surface area contributed by atoms with Gasteiger partial charge in [0.15, 0.2) is 11.9 Å². The monoisotopic (exact) mass is 525 g/mol. The molecule has 9 heteroatoms. The van der Waals surface area contributed by atoms with E-state index in [4.69, 9.17) is 24.7 Å². The maximum Gasteiger partial charge on any atom is 0.343 e. The maximum atomic E-state index is 13.2. The van der Waals surface area contributed by atoms with Gasteiger partial charge < -0.3 is 19.6 Å². The number of benzene rings is 2. The lowest BCUT2D eigenvalue weighted by atomic mass is 9.90. The number of hydrogen-bond donors (Lipinski definition) is 1. The zero-order chi connectivity index (χ0) is 27.7. The Hall–Kier alpha value is -4.08. The minimum Gasteiger partial charge on any atom is -0.424 e. The fourth-order valence-electron chi connectivity index (χ4n) is 5.18. The molecule has 1 fully saturated rings. The second-order valence-electron chi connectivity index (χ2n) is 11.1. The molecular weight excluding hydrogens is 494 g/mol. The van der Waals surface area contributed by atoms with E-state index in [1.807, 2.05) is 84.0 Å². The molecule has 3 aromatic heterocycles. The number of nitrogen functional groups attached to an aromatic ring is 1. The van der Waals surface area contributed by atoms with Gasteiger partial charge in [-0.05, 0) is 59.2 Å². The number of rotatable bonds is 4. The molecule has 200 valence electrons. The second kappa shape index (κ2) is 8.72. The fraction of sp³-hybridized carbons (Fsp3) is 0.333. The molecule has 0 radical (unpaired) electrons. The van der Waals surface area contributed by atoms with E-state index >= 15 is 0 Å². The van der Waals surface area contributed by atoms with Crippen molar-refractivity contribution in [1.82, 2.24) is 19.7 Å². The highest BCUT2D eigenvalue weighted by Crippen LogP contribution is 2.46. The van der Waals surface area contributed by atoms with Crippen LogP contribution < -0.4 is 11.4 Å². The highest BCUT2D eigenvalue weighted by Gasteiger charge is 2.49. The van der Waals surface area contributed by atoms with Gasteiger partial charge in [0.1, 0.15) is 23.9 Å². The molecule has 6 rings (SSSR count). The van der Waals surface area contributed by atoms with E-state index in [1.54, 1.807) is 10.7 Å². The maximum absolute atomic E-state index is 13.2. The Balaban J connectivity index is 1.56. The Morgan fingerprint density at radius 3 is 2.38 bits per heavy atom. The van der Waals surface area contributed by atoms with Gasteiger partial charge in [-0.1, -0.05) is 36.4 Å². The Kier molecular flexibility index (Phi) is 5.64. The summed E-state index contributed by atoms with van der Waals surface area (Å²) in [5, 5.41) is 6.67. The van der Waals surface area contributed by atoms with Crippen molar-refractivity contribution in [1.29, 1.82) is 0 Å². The van der Waals surface area contributed by atoms with Crippen LogP contribution in [0, 0.1) is 6.92 Å². The van der Waals surface area contributed by atoms with Crippen LogP contribution in [0.1, 0.15) is 64.0 Å².